The van der Waals surface area contributed by atoms with Gasteiger partial charge in [0.05, 0.1) is 5.69 Å². The Labute approximate surface area is 173 Å². The van der Waals surface area contributed by atoms with Gasteiger partial charge in [-0.25, -0.2) is 4.98 Å². The van der Waals surface area contributed by atoms with Crippen molar-refractivity contribution in [2.24, 2.45) is 5.73 Å². The summed E-state index contributed by atoms with van der Waals surface area (Å²) in [6, 6.07) is 20.5. The molecule has 0 radical (unpaired) electrons. The van der Waals surface area contributed by atoms with Crippen LogP contribution >= 0.6 is 0 Å². The van der Waals surface area contributed by atoms with Crippen LogP contribution in [0.5, 0.6) is 5.75 Å². The number of phenolic OH excluding ortho intramolecular Hbond substituents is 1. The lowest BCUT2D eigenvalue weighted by Gasteiger charge is -2.21. The van der Waals surface area contributed by atoms with Crippen molar-refractivity contribution in [2.75, 3.05) is 18.0 Å². The van der Waals surface area contributed by atoms with Crippen LogP contribution in [0.1, 0.15) is 32.8 Å². The van der Waals surface area contributed by atoms with E-state index in [1.807, 2.05) is 12.1 Å². The maximum atomic E-state index is 9.64. The Balaban J connectivity index is 1.78. The third kappa shape index (κ3) is 4.28. The Morgan fingerprint density at radius 1 is 0.931 bits per heavy atom. The van der Waals surface area contributed by atoms with Crippen LogP contribution in [0.4, 0.5) is 5.82 Å². The monoisotopic (exact) mass is 387 g/mol. The van der Waals surface area contributed by atoms with Crippen LogP contribution in [0, 0.1) is 0 Å². The molecule has 0 amide bonds. The number of benzene rings is 2. The van der Waals surface area contributed by atoms with Crippen molar-refractivity contribution in [3.8, 4) is 28.1 Å². The molecule has 150 valence electrons. The van der Waals surface area contributed by atoms with E-state index >= 15 is 0 Å². The third-order valence-corrected chi connectivity index (χ3v) is 5.61. The van der Waals surface area contributed by atoms with Crippen molar-refractivity contribution >= 4 is 5.82 Å². The minimum atomic E-state index is 0.130. The van der Waals surface area contributed by atoms with E-state index < -0.39 is 0 Å². The summed E-state index contributed by atoms with van der Waals surface area (Å²) >= 11 is 0. The van der Waals surface area contributed by atoms with Gasteiger partial charge in [-0.3, -0.25) is 0 Å². The molecule has 4 nitrogen and oxygen atoms in total. The smallest absolute Gasteiger partial charge is 0.129 e. The first-order valence-corrected chi connectivity index (χ1v) is 10.2. The zero-order valence-electron chi connectivity index (χ0n) is 17.4. The average molecular weight is 388 g/mol. The maximum Gasteiger partial charge on any atom is 0.129 e. The minimum Gasteiger partial charge on any atom is -0.508 e. The molecule has 2 aromatic carbocycles. The summed E-state index contributed by atoms with van der Waals surface area (Å²) in [6.45, 7) is 8.44. The lowest BCUT2D eigenvalue weighted by atomic mass is 9.86. The average Bonchev–Trinajstić information content (AvgIpc) is 3.14. The van der Waals surface area contributed by atoms with Crippen LogP contribution in [0.25, 0.3) is 22.4 Å². The Bertz CT molecular complexity index is 988. The van der Waals surface area contributed by atoms with E-state index in [2.05, 4.69) is 62.1 Å². The number of hydrogen-bond acceptors (Lipinski definition) is 4. The van der Waals surface area contributed by atoms with Crippen LogP contribution in [0.3, 0.4) is 0 Å². The van der Waals surface area contributed by atoms with Gasteiger partial charge < -0.3 is 15.7 Å². The van der Waals surface area contributed by atoms with Crippen molar-refractivity contribution in [3.63, 3.8) is 0 Å². The number of phenols is 1. The highest BCUT2D eigenvalue weighted by atomic mass is 16.3. The highest BCUT2D eigenvalue weighted by molar-refractivity contribution is 5.74. The third-order valence-electron chi connectivity index (χ3n) is 5.61. The van der Waals surface area contributed by atoms with Gasteiger partial charge in [-0.05, 0) is 64.9 Å². The van der Waals surface area contributed by atoms with Gasteiger partial charge in [-0.15, -0.1) is 0 Å². The van der Waals surface area contributed by atoms with Crippen molar-refractivity contribution < 1.29 is 5.11 Å². The Hall–Kier alpha value is -2.85. The molecular formula is C25H29N3O. The summed E-state index contributed by atoms with van der Waals surface area (Å²) in [6.07, 6.45) is 0.987. The molecule has 1 aliphatic heterocycles. The largest absolute Gasteiger partial charge is 0.508 e. The molecule has 1 saturated heterocycles. The van der Waals surface area contributed by atoms with Crippen LogP contribution in [-0.4, -0.2) is 29.2 Å². The van der Waals surface area contributed by atoms with Gasteiger partial charge in [-0.2, -0.15) is 0 Å². The van der Waals surface area contributed by atoms with E-state index in [4.69, 9.17) is 10.7 Å². The second-order valence-corrected chi connectivity index (χ2v) is 8.97. The quantitative estimate of drug-likeness (QED) is 0.667. The molecule has 4 rings (SSSR count). The lowest BCUT2D eigenvalue weighted by Crippen LogP contribution is -2.26. The molecule has 1 unspecified atom stereocenters. The van der Waals surface area contributed by atoms with Crippen molar-refractivity contribution in [3.05, 3.63) is 66.2 Å². The molecule has 1 aliphatic rings. The second kappa shape index (κ2) is 7.53. The van der Waals surface area contributed by atoms with Crippen LogP contribution < -0.4 is 10.6 Å². The summed E-state index contributed by atoms with van der Waals surface area (Å²) in [4.78, 5) is 7.19. The fraction of sp³-hybridized carbons (Fsp3) is 0.320. The number of anilines is 1. The van der Waals surface area contributed by atoms with E-state index in [-0.39, 0.29) is 17.2 Å². The molecule has 2 heterocycles. The fourth-order valence-corrected chi connectivity index (χ4v) is 3.78. The van der Waals surface area contributed by atoms with E-state index in [0.29, 0.717) is 0 Å². The Morgan fingerprint density at radius 2 is 1.59 bits per heavy atom. The number of aromatic nitrogens is 1. The van der Waals surface area contributed by atoms with E-state index in [0.717, 1.165) is 42.1 Å². The van der Waals surface area contributed by atoms with Gasteiger partial charge in [0.2, 0.25) is 0 Å². The van der Waals surface area contributed by atoms with E-state index in [9.17, 15) is 5.11 Å². The minimum absolute atomic E-state index is 0.130. The maximum absolute atomic E-state index is 9.64. The van der Waals surface area contributed by atoms with Crippen molar-refractivity contribution in [2.45, 2.75) is 38.6 Å². The number of pyridine rings is 1. The molecule has 0 saturated carbocycles. The van der Waals surface area contributed by atoms with Crippen LogP contribution in [0.2, 0.25) is 0 Å². The molecule has 0 spiro atoms. The number of nitrogens with two attached hydrogens (primary N) is 1. The zero-order chi connectivity index (χ0) is 20.6. The topological polar surface area (TPSA) is 62.4 Å². The predicted molar refractivity (Wildman–Crippen MR) is 120 cm³/mol. The SMILES string of the molecule is CC(C)(C)c1ccc(-c2cc(-c3ccc(O)cc3)nc(N3CCC(N)C3)c2)cc1. The van der Waals surface area contributed by atoms with E-state index in [1.165, 1.54) is 11.1 Å². The summed E-state index contributed by atoms with van der Waals surface area (Å²) in [5, 5.41) is 9.64. The van der Waals surface area contributed by atoms with Gasteiger partial charge in [0, 0.05) is 24.7 Å². The molecule has 29 heavy (non-hydrogen) atoms. The first kappa shape index (κ1) is 19.5. The normalized spacial score (nSPS) is 17.0. The standard InChI is InChI=1S/C25H29N3O/c1-25(2,3)20-8-4-17(5-9-20)19-14-23(18-6-10-22(29)11-7-18)27-24(15-19)28-13-12-21(26)16-28/h4-11,14-15,21,29H,12-13,16,26H2,1-3H3. The zero-order valence-corrected chi connectivity index (χ0v) is 17.4. The first-order valence-electron chi connectivity index (χ1n) is 10.2. The van der Waals surface area contributed by atoms with Crippen LogP contribution in [0.15, 0.2) is 60.7 Å². The summed E-state index contributed by atoms with van der Waals surface area (Å²) in [5.74, 6) is 1.21. The van der Waals surface area contributed by atoms with Gasteiger partial charge in [0.15, 0.2) is 0 Å². The Morgan fingerprint density at radius 3 is 2.17 bits per heavy atom. The van der Waals surface area contributed by atoms with Gasteiger partial charge >= 0.3 is 0 Å². The highest BCUT2D eigenvalue weighted by Gasteiger charge is 2.22. The van der Waals surface area contributed by atoms with Crippen molar-refractivity contribution in [1.29, 1.82) is 0 Å². The second-order valence-electron chi connectivity index (χ2n) is 8.97. The number of aromatic hydroxyl groups is 1. The molecule has 0 aliphatic carbocycles. The molecule has 3 N–H and O–H groups in total. The number of hydrogen-bond donors (Lipinski definition) is 2. The first-order chi connectivity index (χ1) is 13.8. The molecule has 3 aromatic rings. The van der Waals surface area contributed by atoms with Gasteiger partial charge in [-0.1, -0.05) is 45.0 Å². The highest BCUT2D eigenvalue weighted by Crippen LogP contribution is 2.32. The molecule has 1 atom stereocenters. The molecule has 0 bridgehead atoms. The molecule has 1 fully saturated rings. The number of nitrogens with zero attached hydrogens (tertiary/aromatic N) is 2. The number of rotatable bonds is 3. The Kier molecular flexibility index (Phi) is 5.05. The summed E-state index contributed by atoms with van der Waals surface area (Å²) in [5.41, 5.74) is 11.8. The van der Waals surface area contributed by atoms with E-state index in [1.54, 1.807) is 12.1 Å². The fourth-order valence-electron chi connectivity index (χ4n) is 3.78. The van der Waals surface area contributed by atoms with Gasteiger partial charge in [0.25, 0.3) is 0 Å². The summed E-state index contributed by atoms with van der Waals surface area (Å²) < 4.78 is 0. The van der Waals surface area contributed by atoms with Crippen molar-refractivity contribution in [1.82, 2.24) is 4.98 Å². The summed E-state index contributed by atoms with van der Waals surface area (Å²) in [7, 11) is 0. The van der Waals surface area contributed by atoms with Gasteiger partial charge in [0.1, 0.15) is 11.6 Å². The lowest BCUT2D eigenvalue weighted by molar-refractivity contribution is 0.475. The van der Waals surface area contributed by atoms with Crippen LogP contribution in [-0.2, 0) is 5.41 Å². The predicted octanol–water partition coefficient (Wildman–Crippen LogP) is 4.96. The molecule has 4 heteroatoms. The molecule has 1 aromatic heterocycles. The molecular weight excluding hydrogens is 358 g/mol.